The van der Waals surface area contributed by atoms with Gasteiger partial charge in [-0.25, -0.2) is 4.39 Å². The summed E-state index contributed by atoms with van der Waals surface area (Å²) < 4.78 is 19.4. The van der Waals surface area contributed by atoms with Crippen molar-refractivity contribution in [1.29, 1.82) is 0 Å². The topological polar surface area (TPSA) is 79.0 Å². The van der Waals surface area contributed by atoms with Crippen molar-refractivity contribution in [2.75, 3.05) is 24.6 Å². The minimum Gasteiger partial charge on any atom is -0.375 e. The number of nitrogens with one attached hydrogen (secondary N) is 1. The van der Waals surface area contributed by atoms with E-state index in [1.807, 2.05) is 19.9 Å². The minimum absolute atomic E-state index is 0.00995. The standard InChI is InChI=1S/C28H32FN3O4/c1-28(2)15-21(11-13-36-28)30-25(33)19-7-5-12-31(17-19)23-10-4-9-22-24(23)27(35)32(26(22)34)16-18-6-3-8-20(29)14-18/h3-4,6,8-10,14,19,21H,5,7,11-13,15-17H2,1-2H3,(H,30,33)/t19-,21+/m1/s1. The molecular weight excluding hydrogens is 461 g/mol. The van der Waals surface area contributed by atoms with Gasteiger partial charge >= 0.3 is 0 Å². The summed E-state index contributed by atoms with van der Waals surface area (Å²) in [6.07, 6.45) is 3.17. The van der Waals surface area contributed by atoms with Gasteiger partial charge in [-0.1, -0.05) is 18.2 Å². The van der Waals surface area contributed by atoms with E-state index in [0.29, 0.717) is 42.1 Å². The number of imide groups is 1. The number of nitrogens with zero attached hydrogens (tertiary/aromatic N) is 2. The summed E-state index contributed by atoms with van der Waals surface area (Å²) in [5, 5.41) is 3.22. The van der Waals surface area contributed by atoms with E-state index in [1.165, 1.54) is 17.0 Å². The zero-order valence-electron chi connectivity index (χ0n) is 20.8. The molecule has 2 saturated heterocycles. The maximum atomic E-state index is 13.7. The SMILES string of the molecule is CC1(C)C[C@@H](NC(=O)[C@@H]2CCCN(c3cccc4c3C(=O)N(Cc3cccc(F)c3)C4=O)C2)CCO1. The van der Waals surface area contributed by atoms with Gasteiger partial charge in [0, 0.05) is 25.7 Å². The Morgan fingerprint density at radius 2 is 1.94 bits per heavy atom. The maximum Gasteiger partial charge on any atom is 0.263 e. The number of halogens is 1. The molecule has 0 saturated carbocycles. The Labute approximate surface area is 210 Å². The fourth-order valence-electron chi connectivity index (χ4n) is 5.62. The van der Waals surface area contributed by atoms with Gasteiger partial charge in [-0.05, 0) is 69.4 Å². The first kappa shape index (κ1) is 24.4. The Hall–Kier alpha value is -3.26. The number of hydrogen-bond acceptors (Lipinski definition) is 5. The largest absolute Gasteiger partial charge is 0.375 e. The molecule has 0 radical (unpaired) electrons. The molecule has 3 aliphatic rings. The van der Waals surface area contributed by atoms with E-state index in [4.69, 9.17) is 4.74 Å². The quantitative estimate of drug-likeness (QED) is 0.639. The molecule has 5 rings (SSSR count). The van der Waals surface area contributed by atoms with Crippen molar-refractivity contribution < 1.29 is 23.5 Å². The molecule has 36 heavy (non-hydrogen) atoms. The molecule has 0 unspecified atom stereocenters. The van der Waals surface area contributed by atoms with E-state index >= 15 is 0 Å². The maximum absolute atomic E-state index is 13.7. The first-order chi connectivity index (χ1) is 17.2. The second-order valence-corrected chi connectivity index (χ2v) is 10.6. The van der Waals surface area contributed by atoms with Crippen molar-refractivity contribution in [2.45, 2.75) is 57.7 Å². The second kappa shape index (κ2) is 9.65. The second-order valence-electron chi connectivity index (χ2n) is 10.6. The molecule has 7 nitrogen and oxygen atoms in total. The van der Waals surface area contributed by atoms with Gasteiger partial charge in [0.05, 0.1) is 34.9 Å². The van der Waals surface area contributed by atoms with Crippen molar-refractivity contribution >= 4 is 23.4 Å². The van der Waals surface area contributed by atoms with E-state index < -0.39 is 5.82 Å². The van der Waals surface area contributed by atoms with Crippen LogP contribution < -0.4 is 10.2 Å². The van der Waals surface area contributed by atoms with Crippen LogP contribution in [0.5, 0.6) is 0 Å². The minimum atomic E-state index is -0.410. The number of carbonyl (C=O) groups is 3. The van der Waals surface area contributed by atoms with Gasteiger partial charge in [0.25, 0.3) is 11.8 Å². The third-order valence-corrected chi connectivity index (χ3v) is 7.38. The van der Waals surface area contributed by atoms with Gasteiger partial charge in [-0.2, -0.15) is 0 Å². The molecule has 0 spiro atoms. The van der Waals surface area contributed by atoms with Crippen molar-refractivity contribution in [3.05, 3.63) is 65.0 Å². The molecule has 2 atom stereocenters. The van der Waals surface area contributed by atoms with Crippen molar-refractivity contribution in [2.24, 2.45) is 5.92 Å². The molecule has 2 aromatic carbocycles. The third kappa shape index (κ3) is 4.87. The molecule has 2 aromatic rings. The fraction of sp³-hybridized carbons (Fsp3) is 0.464. The van der Waals surface area contributed by atoms with Gasteiger partial charge in [0.2, 0.25) is 5.91 Å². The Morgan fingerprint density at radius 1 is 1.14 bits per heavy atom. The van der Waals surface area contributed by atoms with Crippen LogP contribution in [0.4, 0.5) is 10.1 Å². The molecule has 0 aliphatic carbocycles. The van der Waals surface area contributed by atoms with Crippen LogP contribution >= 0.6 is 0 Å². The van der Waals surface area contributed by atoms with Crippen molar-refractivity contribution in [3.63, 3.8) is 0 Å². The highest BCUT2D eigenvalue weighted by Gasteiger charge is 2.40. The Morgan fingerprint density at radius 3 is 2.72 bits per heavy atom. The summed E-state index contributed by atoms with van der Waals surface area (Å²) in [5.41, 5.74) is 1.70. The van der Waals surface area contributed by atoms with Gasteiger partial charge < -0.3 is 15.0 Å². The highest BCUT2D eigenvalue weighted by Crippen LogP contribution is 2.35. The number of piperidine rings is 1. The average Bonchev–Trinajstić information content (AvgIpc) is 3.08. The molecule has 2 fully saturated rings. The lowest BCUT2D eigenvalue weighted by atomic mass is 9.91. The van der Waals surface area contributed by atoms with Crippen LogP contribution in [0.2, 0.25) is 0 Å². The molecule has 8 heteroatoms. The summed E-state index contributed by atoms with van der Waals surface area (Å²) in [5.74, 6) is -1.34. The molecule has 190 valence electrons. The normalized spacial score (nSPS) is 23.5. The molecule has 0 bridgehead atoms. The zero-order valence-corrected chi connectivity index (χ0v) is 20.8. The van der Waals surface area contributed by atoms with Crippen LogP contribution in [0.3, 0.4) is 0 Å². The summed E-state index contributed by atoms with van der Waals surface area (Å²) in [4.78, 5) is 42.9. The number of hydrogen-bond donors (Lipinski definition) is 1. The molecule has 1 N–H and O–H groups in total. The van der Waals surface area contributed by atoms with Crippen molar-refractivity contribution in [1.82, 2.24) is 10.2 Å². The van der Waals surface area contributed by atoms with Crippen LogP contribution in [0.15, 0.2) is 42.5 Å². The number of fused-ring (bicyclic) bond motifs is 1. The molecule has 3 amide bonds. The predicted octanol–water partition coefficient (Wildman–Crippen LogP) is 3.91. The number of rotatable bonds is 5. The van der Waals surface area contributed by atoms with E-state index in [2.05, 4.69) is 10.2 Å². The summed E-state index contributed by atoms with van der Waals surface area (Å²) in [7, 11) is 0. The number of ether oxygens (including phenoxy) is 1. The molecule has 3 heterocycles. The number of amides is 3. The molecule has 3 aliphatic heterocycles. The first-order valence-electron chi connectivity index (χ1n) is 12.6. The summed E-state index contributed by atoms with van der Waals surface area (Å²) >= 11 is 0. The average molecular weight is 494 g/mol. The Balaban J connectivity index is 1.32. The third-order valence-electron chi connectivity index (χ3n) is 7.38. The Bertz CT molecular complexity index is 1200. The van der Waals surface area contributed by atoms with Crippen LogP contribution in [0, 0.1) is 11.7 Å². The lowest BCUT2D eigenvalue weighted by molar-refractivity contribution is -0.128. The monoisotopic (exact) mass is 493 g/mol. The summed E-state index contributed by atoms with van der Waals surface area (Å²) in [6.45, 7) is 5.92. The smallest absolute Gasteiger partial charge is 0.263 e. The van der Waals surface area contributed by atoms with Crippen LogP contribution in [0.25, 0.3) is 0 Å². The molecular formula is C28H32FN3O4. The number of anilines is 1. The van der Waals surface area contributed by atoms with E-state index in [1.54, 1.807) is 24.3 Å². The van der Waals surface area contributed by atoms with E-state index in [0.717, 1.165) is 25.7 Å². The van der Waals surface area contributed by atoms with Crippen LogP contribution in [0.1, 0.15) is 65.8 Å². The lowest BCUT2D eigenvalue weighted by Crippen LogP contribution is -2.50. The van der Waals surface area contributed by atoms with Crippen molar-refractivity contribution in [3.8, 4) is 0 Å². The zero-order chi connectivity index (χ0) is 25.4. The predicted molar refractivity (Wildman–Crippen MR) is 133 cm³/mol. The molecule has 0 aromatic heterocycles. The van der Waals surface area contributed by atoms with Crippen LogP contribution in [-0.2, 0) is 16.1 Å². The summed E-state index contributed by atoms with van der Waals surface area (Å²) in [6, 6.07) is 11.3. The first-order valence-corrected chi connectivity index (χ1v) is 12.6. The fourth-order valence-corrected chi connectivity index (χ4v) is 5.62. The van der Waals surface area contributed by atoms with Gasteiger partial charge in [0.15, 0.2) is 0 Å². The number of carbonyl (C=O) groups excluding carboxylic acids is 3. The highest BCUT2D eigenvalue weighted by molar-refractivity contribution is 6.23. The van der Waals surface area contributed by atoms with Crippen LogP contribution in [-0.4, -0.2) is 54.0 Å². The van der Waals surface area contributed by atoms with E-state index in [-0.39, 0.29) is 41.8 Å². The van der Waals surface area contributed by atoms with Gasteiger partial charge in [-0.3, -0.25) is 19.3 Å². The van der Waals surface area contributed by atoms with Gasteiger partial charge in [0.1, 0.15) is 5.82 Å². The van der Waals surface area contributed by atoms with E-state index in [9.17, 15) is 18.8 Å². The van der Waals surface area contributed by atoms with Gasteiger partial charge in [-0.15, -0.1) is 0 Å². The number of benzene rings is 2. The lowest BCUT2D eigenvalue weighted by Gasteiger charge is -2.38. The Kier molecular flexibility index (Phi) is 6.55. The highest BCUT2D eigenvalue weighted by atomic mass is 19.1.